The molecule has 120 valence electrons. The van der Waals surface area contributed by atoms with Crippen LogP contribution in [0.1, 0.15) is 29.8 Å². The molecule has 0 saturated carbocycles. The van der Waals surface area contributed by atoms with E-state index in [0.29, 0.717) is 23.1 Å². The highest BCUT2D eigenvalue weighted by Crippen LogP contribution is 2.13. The first-order valence-corrected chi connectivity index (χ1v) is 7.74. The summed E-state index contributed by atoms with van der Waals surface area (Å²) in [6, 6.07) is 14.2. The second-order valence-corrected chi connectivity index (χ2v) is 5.92. The van der Waals surface area contributed by atoms with Crippen molar-refractivity contribution in [1.29, 1.82) is 0 Å². The molecule has 0 aliphatic carbocycles. The number of carbonyl (C=O) groups is 1. The quantitative estimate of drug-likeness (QED) is 0.639. The van der Waals surface area contributed by atoms with Crippen LogP contribution >= 0.6 is 11.6 Å². The van der Waals surface area contributed by atoms with Crippen LogP contribution in [-0.2, 0) is 0 Å². The van der Waals surface area contributed by atoms with Gasteiger partial charge in [0, 0.05) is 10.6 Å². The molecule has 0 aromatic heterocycles. The number of nitrogens with zero attached hydrogens (tertiary/aromatic N) is 1. The summed E-state index contributed by atoms with van der Waals surface area (Å²) in [5, 5.41) is 4.55. The highest BCUT2D eigenvalue weighted by Gasteiger charge is 2.04. The molecule has 0 aliphatic rings. The zero-order valence-electron chi connectivity index (χ0n) is 13.1. The summed E-state index contributed by atoms with van der Waals surface area (Å²) >= 11 is 5.88. The van der Waals surface area contributed by atoms with Crippen molar-refractivity contribution in [3.8, 4) is 5.75 Å². The summed E-state index contributed by atoms with van der Waals surface area (Å²) in [6.07, 6.45) is 1.55. The Labute approximate surface area is 141 Å². The third-order valence-corrected chi connectivity index (χ3v) is 3.16. The first-order valence-electron chi connectivity index (χ1n) is 7.36. The van der Waals surface area contributed by atoms with Gasteiger partial charge in [-0.3, -0.25) is 4.79 Å². The Morgan fingerprint density at radius 3 is 2.65 bits per heavy atom. The minimum absolute atomic E-state index is 0.279. The molecule has 1 N–H and O–H groups in total. The lowest BCUT2D eigenvalue weighted by Crippen LogP contribution is -2.17. The predicted molar refractivity (Wildman–Crippen MR) is 93.3 cm³/mol. The van der Waals surface area contributed by atoms with Gasteiger partial charge in [-0.15, -0.1) is 0 Å². The Balaban J connectivity index is 1.90. The van der Waals surface area contributed by atoms with Crippen LogP contribution < -0.4 is 10.2 Å². The van der Waals surface area contributed by atoms with E-state index in [-0.39, 0.29) is 5.91 Å². The zero-order valence-corrected chi connectivity index (χ0v) is 13.9. The molecule has 2 rings (SSSR count). The zero-order chi connectivity index (χ0) is 16.7. The Kier molecular flexibility index (Phi) is 6.18. The highest BCUT2D eigenvalue weighted by molar-refractivity contribution is 6.30. The molecular formula is C18H19ClN2O2. The lowest BCUT2D eigenvalue weighted by Gasteiger charge is -2.08. The molecule has 2 aromatic carbocycles. The van der Waals surface area contributed by atoms with Crippen molar-refractivity contribution in [2.45, 2.75) is 13.8 Å². The maximum Gasteiger partial charge on any atom is 0.271 e. The van der Waals surface area contributed by atoms with E-state index in [2.05, 4.69) is 24.4 Å². The summed E-state index contributed by atoms with van der Waals surface area (Å²) in [5.74, 6) is 0.926. The molecule has 0 bridgehead atoms. The number of carbonyl (C=O) groups excluding carboxylic acids is 1. The molecule has 4 nitrogen and oxygen atoms in total. The van der Waals surface area contributed by atoms with Gasteiger partial charge >= 0.3 is 0 Å². The molecule has 0 aliphatic heterocycles. The molecule has 1 amide bonds. The number of nitrogens with one attached hydrogen (secondary N) is 1. The minimum atomic E-state index is -0.279. The first-order chi connectivity index (χ1) is 11.0. The maximum atomic E-state index is 12.0. The van der Waals surface area contributed by atoms with Gasteiger partial charge < -0.3 is 4.74 Å². The van der Waals surface area contributed by atoms with Gasteiger partial charge in [0.2, 0.25) is 0 Å². The molecule has 0 atom stereocenters. The summed E-state index contributed by atoms with van der Waals surface area (Å²) in [4.78, 5) is 12.0. The van der Waals surface area contributed by atoms with Gasteiger partial charge in [-0.05, 0) is 47.9 Å². The molecule has 5 heteroatoms. The van der Waals surface area contributed by atoms with Crippen molar-refractivity contribution in [3.63, 3.8) is 0 Å². The summed E-state index contributed by atoms with van der Waals surface area (Å²) in [6.45, 7) is 4.81. The fraction of sp³-hybridized carbons (Fsp3) is 0.222. The average molecular weight is 331 g/mol. The molecule has 0 unspecified atom stereocenters. The average Bonchev–Trinajstić information content (AvgIpc) is 2.53. The van der Waals surface area contributed by atoms with Crippen molar-refractivity contribution < 1.29 is 9.53 Å². The molecular weight excluding hydrogens is 312 g/mol. The van der Waals surface area contributed by atoms with Crippen LogP contribution in [0, 0.1) is 5.92 Å². The molecule has 0 spiro atoms. The van der Waals surface area contributed by atoms with Gasteiger partial charge in [0.05, 0.1) is 12.8 Å². The number of ether oxygens (including phenoxy) is 1. The van der Waals surface area contributed by atoms with Crippen LogP contribution in [0.3, 0.4) is 0 Å². The second kappa shape index (κ2) is 8.34. The van der Waals surface area contributed by atoms with E-state index in [0.717, 1.165) is 11.3 Å². The number of hydrogen-bond donors (Lipinski definition) is 1. The Morgan fingerprint density at radius 2 is 2.00 bits per heavy atom. The molecule has 23 heavy (non-hydrogen) atoms. The van der Waals surface area contributed by atoms with E-state index in [1.807, 2.05) is 12.1 Å². The first kappa shape index (κ1) is 17.0. The molecule has 2 aromatic rings. The van der Waals surface area contributed by atoms with E-state index in [9.17, 15) is 4.79 Å². The normalized spacial score (nSPS) is 11.0. The Hall–Kier alpha value is -2.33. The Bertz CT molecular complexity index is 682. The third-order valence-electron chi connectivity index (χ3n) is 2.93. The van der Waals surface area contributed by atoms with Crippen molar-refractivity contribution in [2.75, 3.05) is 6.61 Å². The second-order valence-electron chi connectivity index (χ2n) is 5.48. The minimum Gasteiger partial charge on any atom is -0.493 e. The summed E-state index contributed by atoms with van der Waals surface area (Å²) < 4.78 is 5.58. The van der Waals surface area contributed by atoms with Crippen LogP contribution in [0.25, 0.3) is 0 Å². The maximum absolute atomic E-state index is 12.0. The lowest BCUT2D eigenvalue weighted by atomic mass is 10.2. The number of amides is 1. The fourth-order valence-electron chi connectivity index (χ4n) is 1.78. The monoisotopic (exact) mass is 330 g/mol. The van der Waals surface area contributed by atoms with Gasteiger partial charge in [0.1, 0.15) is 5.75 Å². The fourth-order valence-corrected chi connectivity index (χ4v) is 1.98. The number of hydrazone groups is 1. The molecule has 0 radical (unpaired) electrons. The summed E-state index contributed by atoms with van der Waals surface area (Å²) in [7, 11) is 0. The van der Waals surface area contributed by atoms with Gasteiger partial charge in [0.15, 0.2) is 0 Å². The summed E-state index contributed by atoms with van der Waals surface area (Å²) in [5.41, 5.74) is 3.82. The van der Waals surface area contributed by atoms with E-state index in [1.54, 1.807) is 42.6 Å². The van der Waals surface area contributed by atoms with E-state index >= 15 is 0 Å². The van der Waals surface area contributed by atoms with Crippen molar-refractivity contribution in [2.24, 2.45) is 11.0 Å². The van der Waals surface area contributed by atoms with Crippen LogP contribution in [-0.4, -0.2) is 18.7 Å². The van der Waals surface area contributed by atoms with Crippen molar-refractivity contribution in [1.82, 2.24) is 5.43 Å². The third kappa shape index (κ3) is 5.75. The number of rotatable bonds is 6. The van der Waals surface area contributed by atoms with Crippen molar-refractivity contribution >= 4 is 23.7 Å². The molecule has 0 fully saturated rings. The van der Waals surface area contributed by atoms with E-state index in [1.165, 1.54) is 0 Å². The molecule has 0 heterocycles. The van der Waals surface area contributed by atoms with Gasteiger partial charge in [-0.2, -0.15) is 5.10 Å². The number of benzene rings is 2. The van der Waals surface area contributed by atoms with Crippen LogP contribution in [0.4, 0.5) is 0 Å². The highest BCUT2D eigenvalue weighted by atomic mass is 35.5. The van der Waals surface area contributed by atoms with Gasteiger partial charge in [-0.1, -0.05) is 37.6 Å². The predicted octanol–water partition coefficient (Wildman–Crippen LogP) is 4.14. The standard InChI is InChI=1S/C18H19ClN2O2/c1-13(2)12-23-17-8-6-15(7-9-17)18(22)21-20-11-14-4-3-5-16(19)10-14/h3-11,13H,12H2,1-2H3,(H,21,22)/b20-11+. The topological polar surface area (TPSA) is 50.7 Å². The Morgan fingerprint density at radius 1 is 1.26 bits per heavy atom. The number of hydrogen-bond acceptors (Lipinski definition) is 3. The molecule has 0 saturated heterocycles. The lowest BCUT2D eigenvalue weighted by molar-refractivity contribution is 0.0955. The van der Waals surface area contributed by atoms with Gasteiger partial charge in [0.25, 0.3) is 5.91 Å². The van der Waals surface area contributed by atoms with Crippen LogP contribution in [0.2, 0.25) is 5.02 Å². The van der Waals surface area contributed by atoms with E-state index in [4.69, 9.17) is 16.3 Å². The van der Waals surface area contributed by atoms with Crippen LogP contribution in [0.15, 0.2) is 53.6 Å². The van der Waals surface area contributed by atoms with Crippen molar-refractivity contribution in [3.05, 3.63) is 64.7 Å². The SMILES string of the molecule is CC(C)COc1ccc(C(=O)N/N=C/c2cccc(Cl)c2)cc1. The number of halogens is 1. The van der Waals surface area contributed by atoms with Gasteiger partial charge in [-0.25, -0.2) is 5.43 Å². The van der Waals surface area contributed by atoms with E-state index < -0.39 is 0 Å². The largest absolute Gasteiger partial charge is 0.493 e. The smallest absolute Gasteiger partial charge is 0.271 e. The van der Waals surface area contributed by atoms with Crippen LogP contribution in [0.5, 0.6) is 5.75 Å².